The molecule has 0 aliphatic carbocycles. The van der Waals surface area contributed by atoms with E-state index in [1.165, 1.54) is 0 Å². The lowest BCUT2D eigenvalue weighted by Gasteiger charge is -2.11. The largest absolute Gasteiger partial charge is 0.493 e. The first-order valence-electron chi connectivity index (χ1n) is 8.17. The molecule has 0 atom stereocenters. The van der Waals surface area contributed by atoms with Crippen molar-refractivity contribution in [3.8, 4) is 5.75 Å². The average Bonchev–Trinajstić information content (AvgIpc) is 2.59. The van der Waals surface area contributed by atoms with Crippen LogP contribution in [0.25, 0.3) is 0 Å². The molecular formula is C20H23NO4. The molecule has 0 heterocycles. The summed E-state index contributed by atoms with van der Waals surface area (Å²) in [5, 5.41) is 2.75. The molecule has 0 saturated carbocycles. The molecular weight excluding hydrogens is 318 g/mol. The number of para-hydroxylation sites is 1. The van der Waals surface area contributed by atoms with E-state index in [2.05, 4.69) is 5.32 Å². The van der Waals surface area contributed by atoms with Crippen LogP contribution in [0, 0.1) is 20.8 Å². The minimum atomic E-state index is -0.468. The van der Waals surface area contributed by atoms with Gasteiger partial charge in [0.25, 0.3) is 5.91 Å². The Hall–Kier alpha value is -2.82. The van der Waals surface area contributed by atoms with Crippen LogP contribution >= 0.6 is 0 Å². The number of hydrogen-bond acceptors (Lipinski definition) is 4. The molecule has 5 heteroatoms. The Kier molecular flexibility index (Phi) is 6.57. The van der Waals surface area contributed by atoms with Gasteiger partial charge < -0.3 is 14.8 Å². The van der Waals surface area contributed by atoms with Gasteiger partial charge >= 0.3 is 5.97 Å². The van der Waals surface area contributed by atoms with Crippen LogP contribution in [0.15, 0.2) is 42.5 Å². The molecule has 2 rings (SSSR count). The lowest BCUT2D eigenvalue weighted by atomic mass is 10.1. The minimum Gasteiger partial charge on any atom is -0.493 e. The van der Waals surface area contributed by atoms with E-state index in [0.717, 1.165) is 28.1 Å². The minimum absolute atomic E-state index is 0.0884. The number of hydrogen-bond donors (Lipinski definition) is 1. The second-order valence-corrected chi connectivity index (χ2v) is 5.82. The summed E-state index contributed by atoms with van der Waals surface area (Å²) in [6.07, 6.45) is 0.0884. The van der Waals surface area contributed by atoms with E-state index in [9.17, 15) is 9.59 Å². The third kappa shape index (κ3) is 5.64. The Balaban J connectivity index is 1.71. The molecule has 0 radical (unpaired) electrons. The quantitative estimate of drug-likeness (QED) is 0.782. The van der Waals surface area contributed by atoms with Gasteiger partial charge in [-0.1, -0.05) is 30.3 Å². The van der Waals surface area contributed by atoms with Crippen molar-refractivity contribution >= 4 is 17.6 Å². The summed E-state index contributed by atoms with van der Waals surface area (Å²) in [6, 6.07) is 13.2. The third-order valence-corrected chi connectivity index (χ3v) is 3.90. The molecule has 0 fully saturated rings. The highest BCUT2D eigenvalue weighted by atomic mass is 16.5. The third-order valence-electron chi connectivity index (χ3n) is 3.90. The number of ether oxygens (including phenoxy) is 2. The van der Waals surface area contributed by atoms with Gasteiger partial charge in [-0.05, 0) is 49.6 Å². The van der Waals surface area contributed by atoms with Crippen molar-refractivity contribution in [1.82, 2.24) is 0 Å². The Morgan fingerprint density at radius 1 is 0.960 bits per heavy atom. The number of anilines is 1. The number of aryl methyl sites for hydroxylation is 2. The molecule has 25 heavy (non-hydrogen) atoms. The van der Waals surface area contributed by atoms with Crippen molar-refractivity contribution in [2.24, 2.45) is 0 Å². The lowest BCUT2D eigenvalue weighted by Crippen LogP contribution is -2.22. The van der Waals surface area contributed by atoms with Gasteiger partial charge in [0.05, 0.1) is 13.0 Å². The first kappa shape index (κ1) is 18.5. The molecule has 1 N–H and O–H groups in total. The smallest absolute Gasteiger partial charge is 0.309 e. The van der Waals surface area contributed by atoms with Gasteiger partial charge in [-0.3, -0.25) is 9.59 Å². The van der Waals surface area contributed by atoms with Crippen LogP contribution in [0.1, 0.15) is 23.1 Å². The second-order valence-electron chi connectivity index (χ2n) is 5.82. The van der Waals surface area contributed by atoms with Crippen LogP contribution < -0.4 is 10.1 Å². The highest BCUT2D eigenvalue weighted by Crippen LogP contribution is 2.18. The number of nitrogens with one attached hydrogen (secondary N) is 1. The summed E-state index contributed by atoms with van der Waals surface area (Å²) in [6.45, 7) is 5.74. The van der Waals surface area contributed by atoms with Crippen molar-refractivity contribution in [2.75, 3.05) is 18.5 Å². The number of amides is 1. The maximum atomic E-state index is 11.9. The summed E-state index contributed by atoms with van der Waals surface area (Å²) in [5.41, 5.74) is 3.81. The van der Waals surface area contributed by atoms with Gasteiger partial charge in [0.15, 0.2) is 6.61 Å². The van der Waals surface area contributed by atoms with Crippen LogP contribution in [0.5, 0.6) is 5.75 Å². The fourth-order valence-electron chi connectivity index (χ4n) is 2.25. The van der Waals surface area contributed by atoms with Gasteiger partial charge in [-0.25, -0.2) is 0 Å². The van der Waals surface area contributed by atoms with Crippen LogP contribution in [0.3, 0.4) is 0 Å². The van der Waals surface area contributed by atoms with E-state index in [4.69, 9.17) is 9.47 Å². The summed E-state index contributed by atoms with van der Waals surface area (Å²) in [5.74, 6) is -0.0884. The van der Waals surface area contributed by atoms with Crippen molar-refractivity contribution in [1.29, 1.82) is 0 Å². The monoisotopic (exact) mass is 341 g/mol. The number of carbonyl (C=O) groups excluding carboxylic acids is 2. The van der Waals surface area contributed by atoms with E-state index in [1.807, 2.05) is 63.2 Å². The summed E-state index contributed by atoms with van der Waals surface area (Å²) < 4.78 is 10.5. The first-order valence-corrected chi connectivity index (χ1v) is 8.17. The van der Waals surface area contributed by atoms with Crippen LogP contribution in [0.4, 0.5) is 5.69 Å². The molecule has 132 valence electrons. The second kappa shape index (κ2) is 8.87. The molecule has 0 aliphatic rings. The maximum Gasteiger partial charge on any atom is 0.309 e. The normalized spacial score (nSPS) is 10.2. The zero-order valence-electron chi connectivity index (χ0n) is 14.8. The SMILES string of the molecule is Cc1ccccc1OCCC(=O)OCC(=O)Nc1cccc(C)c1C. The zero-order chi connectivity index (χ0) is 18.2. The number of carbonyl (C=O) groups is 2. The zero-order valence-corrected chi connectivity index (χ0v) is 14.8. The van der Waals surface area contributed by atoms with E-state index in [1.54, 1.807) is 0 Å². The van der Waals surface area contributed by atoms with Gasteiger partial charge in [-0.2, -0.15) is 0 Å². The average molecular weight is 341 g/mol. The molecule has 0 unspecified atom stereocenters. The van der Waals surface area contributed by atoms with Crippen molar-refractivity contribution in [3.63, 3.8) is 0 Å². The van der Waals surface area contributed by atoms with Gasteiger partial charge in [0, 0.05) is 5.69 Å². The molecule has 5 nitrogen and oxygen atoms in total. The lowest BCUT2D eigenvalue weighted by molar-refractivity contribution is -0.147. The highest BCUT2D eigenvalue weighted by molar-refractivity contribution is 5.93. The van der Waals surface area contributed by atoms with Crippen molar-refractivity contribution < 1.29 is 19.1 Å². The predicted octanol–water partition coefficient (Wildman–Crippen LogP) is 3.56. The van der Waals surface area contributed by atoms with Gasteiger partial charge in [0.2, 0.25) is 0 Å². The topological polar surface area (TPSA) is 64.6 Å². The maximum absolute atomic E-state index is 11.9. The molecule has 0 saturated heterocycles. The number of rotatable bonds is 7. The van der Waals surface area contributed by atoms with Gasteiger partial charge in [-0.15, -0.1) is 0 Å². The molecule has 0 bridgehead atoms. The Bertz CT molecular complexity index is 755. The van der Waals surface area contributed by atoms with E-state index in [0.29, 0.717) is 0 Å². The molecule has 0 aromatic heterocycles. The first-order chi connectivity index (χ1) is 12.0. The summed E-state index contributed by atoms with van der Waals surface area (Å²) in [4.78, 5) is 23.6. The Morgan fingerprint density at radius 3 is 2.44 bits per heavy atom. The summed E-state index contributed by atoms with van der Waals surface area (Å²) >= 11 is 0. The van der Waals surface area contributed by atoms with E-state index >= 15 is 0 Å². The Morgan fingerprint density at radius 2 is 1.68 bits per heavy atom. The van der Waals surface area contributed by atoms with E-state index in [-0.39, 0.29) is 25.5 Å². The van der Waals surface area contributed by atoms with Crippen LogP contribution in [-0.2, 0) is 14.3 Å². The molecule has 0 spiro atoms. The molecule has 2 aromatic carbocycles. The molecule has 2 aromatic rings. The summed E-state index contributed by atoms with van der Waals surface area (Å²) in [7, 11) is 0. The van der Waals surface area contributed by atoms with Crippen LogP contribution in [0.2, 0.25) is 0 Å². The van der Waals surface area contributed by atoms with E-state index < -0.39 is 5.97 Å². The fourth-order valence-corrected chi connectivity index (χ4v) is 2.25. The number of esters is 1. The standard InChI is InChI=1S/C20H23NO4/c1-14-8-6-9-17(16(14)3)21-19(22)13-25-20(23)11-12-24-18-10-5-4-7-15(18)2/h4-10H,11-13H2,1-3H3,(H,21,22). The molecule has 1 amide bonds. The van der Waals surface area contributed by atoms with Crippen molar-refractivity contribution in [2.45, 2.75) is 27.2 Å². The van der Waals surface area contributed by atoms with Crippen molar-refractivity contribution in [3.05, 3.63) is 59.2 Å². The van der Waals surface area contributed by atoms with Crippen LogP contribution in [-0.4, -0.2) is 25.1 Å². The van der Waals surface area contributed by atoms with Gasteiger partial charge in [0.1, 0.15) is 5.75 Å². The number of benzene rings is 2. The highest BCUT2D eigenvalue weighted by Gasteiger charge is 2.10. The Labute approximate surface area is 148 Å². The fraction of sp³-hybridized carbons (Fsp3) is 0.300. The predicted molar refractivity (Wildman–Crippen MR) is 96.8 cm³/mol. The molecule has 0 aliphatic heterocycles.